The van der Waals surface area contributed by atoms with Crippen molar-refractivity contribution in [2.45, 2.75) is 39.5 Å². The van der Waals surface area contributed by atoms with Crippen LogP contribution in [0.4, 0.5) is 0 Å². The van der Waals surface area contributed by atoms with Crippen LogP contribution in [0.25, 0.3) is 21.9 Å². The quantitative estimate of drug-likeness (QED) is 0.739. The molecule has 1 N–H and O–H groups in total. The molecule has 1 unspecified atom stereocenters. The summed E-state index contributed by atoms with van der Waals surface area (Å²) < 4.78 is 0. The zero-order valence-electron chi connectivity index (χ0n) is 14.9. The normalized spacial score (nSPS) is 18.8. The van der Waals surface area contributed by atoms with Gasteiger partial charge in [0.15, 0.2) is 5.65 Å². The molecular formula is C19H23N5O. The third-order valence-corrected chi connectivity index (χ3v) is 4.96. The van der Waals surface area contributed by atoms with Gasteiger partial charge in [-0.05, 0) is 18.9 Å². The van der Waals surface area contributed by atoms with Crippen LogP contribution in [0.15, 0.2) is 24.8 Å². The first-order valence-corrected chi connectivity index (χ1v) is 8.81. The third-order valence-electron chi connectivity index (χ3n) is 4.96. The summed E-state index contributed by atoms with van der Waals surface area (Å²) in [5, 5.41) is 2.11. The van der Waals surface area contributed by atoms with Crippen LogP contribution in [0.1, 0.15) is 45.2 Å². The number of nitrogens with zero attached hydrogens (tertiary/aromatic N) is 4. The molecule has 1 atom stereocenters. The van der Waals surface area contributed by atoms with E-state index in [1.807, 2.05) is 31.7 Å². The average Bonchev–Trinajstić information content (AvgIpc) is 3.09. The molecular weight excluding hydrogens is 314 g/mol. The fourth-order valence-corrected chi connectivity index (χ4v) is 3.77. The van der Waals surface area contributed by atoms with Crippen molar-refractivity contribution in [3.63, 3.8) is 0 Å². The standard InChI is InChI=1S/C19H23N5O/c1-19(2,3)18(25)24-8-4-5-12(10-24)16-15-13-6-7-20-17(13)21-9-14(15)22-11-23-16/h6-7,9,11-12H,4-5,8,10H2,1-3H3,(H,22,23). The Morgan fingerprint density at radius 2 is 2.12 bits per heavy atom. The van der Waals surface area contributed by atoms with E-state index in [9.17, 15) is 4.79 Å². The molecule has 3 aromatic heterocycles. The van der Waals surface area contributed by atoms with Crippen LogP contribution >= 0.6 is 0 Å². The van der Waals surface area contributed by atoms with Crippen molar-refractivity contribution in [1.29, 1.82) is 0 Å². The lowest BCUT2D eigenvalue weighted by Crippen LogP contribution is -2.44. The second kappa shape index (κ2) is 5.79. The second-order valence-electron chi connectivity index (χ2n) is 7.86. The largest absolute Gasteiger partial charge is 0.349 e. The fourth-order valence-electron chi connectivity index (χ4n) is 3.77. The summed E-state index contributed by atoms with van der Waals surface area (Å²) in [6.07, 6.45) is 7.36. The molecule has 6 nitrogen and oxygen atoms in total. The lowest BCUT2D eigenvalue weighted by atomic mass is 9.88. The molecule has 0 bridgehead atoms. The van der Waals surface area contributed by atoms with Crippen molar-refractivity contribution in [2.75, 3.05) is 13.1 Å². The molecule has 0 spiro atoms. The molecule has 0 saturated carbocycles. The predicted octanol–water partition coefficient (Wildman–Crippen LogP) is 3.26. The molecule has 4 rings (SSSR count). The van der Waals surface area contributed by atoms with Gasteiger partial charge in [-0.1, -0.05) is 20.8 Å². The van der Waals surface area contributed by atoms with Gasteiger partial charge in [0.1, 0.15) is 0 Å². The van der Waals surface area contributed by atoms with Gasteiger partial charge in [-0.3, -0.25) is 4.79 Å². The molecule has 3 aromatic rings. The molecule has 25 heavy (non-hydrogen) atoms. The van der Waals surface area contributed by atoms with Gasteiger partial charge in [-0.15, -0.1) is 0 Å². The maximum Gasteiger partial charge on any atom is 0.227 e. The molecule has 0 aromatic carbocycles. The molecule has 1 saturated heterocycles. The van der Waals surface area contributed by atoms with Gasteiger partial charge in [0.2, 0.25) is 5.91 Å². The molecule has 0 radical (unpaired) electrons. The number of amides is 1. The highest BCUT2D eigenvalue weighted by Crippen LogP contribution is 2.34. The van der Waals surface area contributed by atoms with Crippen molar-refractivity contribution in [1.82, 2.24) is 24.8 Å². The minimum Gasteiger partial charge on any atom is -0.349 e. The minimum atomic E-state index is -0.349. The Kier molecular flexibility index (Phi) is 3.71. The topological polar surface area (TPSA) is 74.8 Å². The Labute approximate surface area is 146 Å². The second-order valence-corrected chi connectivity index (χ2v) is 7.86. The van der Waals surface area contributed by atoms with E-state index in [-0.39, 0.29) is 17.2 Å². The van der Waals surface area contributed by atoms with Gasteiger partial charge in [-0.25, -0.2) is 15.0 Å². The van der Waals surface area contributed by atoms with E-state index in [0.717, 1.165) is 53.6 Å². The number of hydrogen-bond acceptors (Lipinski definition) is 4. The van der Waals surface area contributed by atoms with Crippen LogP contribution in [-0.4, -0.2) is 43.8 Å². The van der Waals surface area contributed by atoms with Gasteiger partial charge in [-0.2, -0.15) is 0 Å². The molecule has 130 valence electrons. The molecule has 1 aliphatic heterocycles. The number of aromatic nitrogens is 4. The summed E-state index contributed by atoms with van der Waals surface area (Å²) in [5.74, 6) is 0.489. The first-order valence-electron chi connectivity index (χ1n) is 8.81. The maximum absolute atomic E-state index is 12.7. The van der Waals surface area contributed by atoms with E-state index in [2.05, 4.69) is 19.9 Å². The third kappa shape index (κ3) is 2.75. The van der Waals surface area contributed by atoms with Gasteiger partial charge in [0, 0.05) is 47.1 Å². The van der Waals surface area contributed by atoms with E-state index in [1.54, 1.807) is 18.7 Å². The zero-order chi connectivity index (χ0) is 17.6. The molecule has 6 heteroatoms. The lowest BCUT2D eigenvalue weighted by Gasteiger charge is -2.36. The van der Waals surface area contributed by atoms with E-state index in [1.165, 1.54) is 0 Å². The van der Waals surface area contributed by atoms with Gasteiger partial charge in [0.05, 0.1) is 18.0 Å². The highest BCUT2D eigenvalue weighted by atomic mass is 16.2. The van der Waals surface area contributed by atoms with E-state index in [0.29, 0.717) is 0 Å². The highest BCUT2D eigenvalue weighted by Gasteiger charge is 2.32. The molecule has 1 aliphatic rings. The number of aromatic amines is 1. The number of pyridine rings is 1. The van der Waals surface area contributed by atoms with Crippen molar-refractivity contribution in [2.24, 2.45) is 5.41 Å². The van der Waals surface area contributed by atoms with Crippen LogP contribution in [0.2, 0.25) is 0 Å². The Bertz CT molecular complexity index is 940. The molecule has 4 heterocycles. The van der Waals surface area contributed by atoms with E-state index >= 15 is 0 Å². The zero-order valence-corrected chi connectivity index (χ0v) is 14.9. The Balaban J connectivity index is 1.76. The van der Waals surface area contributed by atoms with Gasteiger partial charge < -0.3 is 9.88 Å². The van der Waals surface area contributed by atoms with Crippen molar-refractivity contribution in [3.8, 4) is 0 Å². The molecule has 0 aliphatic carbocycles. The number of fused-ring (bicyclic) bond motifs is 3. The SMILES string of the molecule is CC(C)(C)C(=O)N1CCCC(c2[nH]cnc3cnc4nccc4c23)C1. The summed E-state index contributed by atoms with van der Waals surface area (Å²) in [6.45, 7) is 7.53. The lowest BCUT2D eigenvalue weighted by molar-refractivity contribution is -0.140. The summed E-state index contributed by atoms with van der Waals surface area (Å²) >= 11 is 0. The van der Waals surface area contributed by atoms with Crippen molar-refractivity contribution < 1.29 is 4.79 Å². The fraction of sp³-hybridized carbons (Fsp3) is 0.474. The monoisotopic (exact) mass is 337 g/mol. The molecule has 1 amide bonds. The highest BCUT2D eigenvalue weighted by molar-refractivity contribution is 6.04. The Hall–Kier alpha value is -2.50. The van der Waals surface area contributed by atoms with E-state index < -0.39 is 0 Å². The summed E-state index contributed by atoms with van der Waals surface area (Å²) in [7, 11) is 0. The number of carbonyl (C=O) groups excluding carboxylic acids is 1. The number of rotatable bonds is 1. The summed E-state index contributed by atoms with van der Waals surface area (Å²) in [5.41, 5.74) is 2.40. The van der Waals surface area contributed by atoms with Gasteiger partial charge in [0.25, 0.3) is 0 Å². The number of likely N-dealkylation sites (tertiary alicyclic amines) is 1. The van der Waals surface area contributed by atoms with Gasteiger partial charge >= 0.3 is 0 Å². The number of piperidine rings is 1. The molecule has 1 fully saturated rings. The first kappa shape index (κ1) is 16.0. The van der Waals surface area contributed by atoms with Crippen LogP contribution < -0.4 is 0 Å². The van der Waals surface area contributed by atoms with Crippen LogP contribution in [0.3, 0.4) is 0 Å². The van der Waals surface area contributed by atoms with E-state index in [4.69, 9.17) is 0 Å². The maximum atomic E-state index is 12.7. The van der Waals surface area contributed by atoms with Crippen LogP contribution in [0.5, 0.6) is 0 Å². The Morgan fingerprint density at radius 1 is 1.28 bits per heavy atom. The van der Waals surface area contributed by atoms with Crippen LogP contribution in [0, 0.1) is 5.41 Å². The minimum absolute atomic E-state index is 0.220. The summed E-state index contributed by atoms with van der Waals surface area (Å²) in [6, 6.07) is 1.99. The number of hydrogen-bond donors (Lipinski definition) is 1. The van der Waals surface area contributed by atoms with Crippen molar-refractivity contribution in [3.05, 3.63) is 30.5 Å². The number of carbonyl (C=O) groups is 1. The number of H-pyrrole nitrogens is 1. The summed E-state index contributed by atoms with van der Waals surface area (Å²) in [4.78, 5) is 31.2. The van der Waals surface area contributed by atoms with Crippen molar-refractivity contribution >= 4 is 27.8 Å². The first-order chi connectivity index (χ1) is 11.9. The Morgan fingerprint density at radius 3 is 2.92 bits per heavy atom. The average molecular weight is 337 g/mol. The smallest absolute Gasteiger partial charge is 0.227 e. The van der Waals surface area contributed by atoms with Crippen LogP contribution in [-0.2, 0) is 4.79 Å². The number of nitrogens with one attached hydrogen (secondary N) is 1. The predicted molar refractivity (Wildman–Crippen MR) is 97.2 cm³/mol.